The maximum atomic E-state index is 11.6. The van der Waals surface area contributed by atoms with Gasteiger partial charge in [0, 0.05) is 19.4 Å². The quantitative estimate of drug-likeness (QED) is 0.747. The number of nitrogens with zero attached hydrogens (tertiary/aromatic N) is 1. The van der Waals surface area contributed by atoms with Crippen molar-refractivity contribution in [3.8, 4) is 0 Å². The summed E-state index contributed by atoms with van der Waals surface area (Å²) in [4.78, 5) is 24.6. The Morgan fingerprint density at radius 1 is 1.11 bits per heavy atom. The smallest absolute Gasteiger partial charge is 0.229 e. The average Bonchev–Trinajstić information content (AvgIpc) is 2.70. The summed E-state index contributed by atoms with van der Waals surface area (Å²) in [7, 11) is 0. The second-order valence-corrected chi connectivity index (χ2v) is 4.86. The molecule has 1 heterocycles. The zero-order valence-electron chi connectivity index (χ0n) is 10.8. The predicted octanol–water partition coefficient (Wildman–Crippen LogP) is 2.40. The van der Waals surface area contributed by atoms with Crippen molar-refractivity contribution in [3.05, 3.63) is 35.9 Å². The lowest BCUT2D eigenvalue weighted by Gasteiger charge is -2.21. The van der Waals surface area contributed by atoms with Crippen molar-refractivity contribution in [1.82, 2.24) is 4.90 Å². The first-order valence-electron chi connectivity index (χ1n) is 6.57. The van der Waals surface area contributed by atoms with E-state index in [2.05, 4.69) is 19.1 Å². The molecule has 1 fully saturated rings. The molecule has 0 spiro atoms. The second-order valence-electron chi connectivity index (χ2n) is 4.86. The molecule has 0 saturated carbocycles. The number of rotatable bonds is 5. The molecule has 1 atom stereocenters. The Balaban J connectivity index is 1.97. The molecule has 3 nitrogen and oxygen atoms in total. The molecule has 3 heteroatoms. The molecular weight excluding hydrogens is 226 g/mol. The van der Waals surface area contributed by atoms with E-state index in [9.17, 15) is 9.59 Å². The van der Waals surface area contributed by atoms with Gasteiger partial charge < -0.3 is 0 Å². The molecule has 2 amide bonds. The third-order valence-corrected chi connectivity index (χ3v) is 3.54. The summed E-state index contributed by atoms with van der Waals surface area (Å²) in [5.41, 5.74) is 1.27. The van der Waals surface area contributed by atoms with Crippen LogP contribution in [0.15, 0.2) is 30.3 Å². The Bertz CT molecular complexity index is 411. The summed E-state index contributed by atoms with van der Waals surface area (Å²) in [6.07, 6.45) is 2.68. The van der Waals surface area contributed by atoms with E-state index in [-0.39, 0.29) is 11.8 Å². The zero-order chi connectivity index (χ0) is 13.0. The third-order valence-electron chi connectivity index (χ3n) is 3.54. The van der Waals surface area contributed by atoms with Crippen molar-refractivity contribution < 1.29 is 9.59 Å². The summed E-state index contributed by atoms with van der Waals surface area (Å²) in [5.74, 6) is 0.344. The summed E-state index contributed by atoms with van der Waals surface area (Å²) >= 11 is 0. The molecule has 2 rings (SSSR count). The molecule has 1 aliphatic rings. The van der Waals surface area contributed by atoms with Gasteiger partial charge in [-0.1, -0.05) is 43.7 Å². The molecule has 0 N–H and O–H groups in total. The van der Waals surface area contributed by atoms with Crippen molar-refractivity contribution >= 4 is 11.8 Å². The van der Waals surface area contributed by atoms with Crippen LogP contribution in [0.25, 0.3) is 0 Å². The van der Waals surface area contributed by atoms with Crippen molar-refractivity contribution in [2.75, 3.05) is 6.54 Å². The molecule has 0 aliphatic carbocycles. The van der Waals surface area contributed by atoms with E-state index in [1.807, 2.05) is 18.2 Å². The van der Waals surface area contributed by atoms with Crippen molar-refractivity contribution in [1.29, 1.82) is 0 Å². The lowest BCUT2D eigenvalue weighted by atomic mass is 9.96. The van der Waals surface area contributed by atoms with Crippen molar-refractivity contribution in [3.63, 3.8) is 0 Å². The normalized spacial score (nSPS) is 17.3. The highest BCUT2D eigenvalue weighted by Crippen LogP contribution is 2.18. The van der Waals surface area contributed by atoms with Crippen LogP contribution in [0.4, 0.5) is 0 Å². The van der Waals surface area contributed by atoms with Crippen LogP contribution >= 0.6 is 0 Å². The molecular formula is C15H19NO2. The number of amides is 2. The van der Waals surface area contributed by atoms with Gasteiger partial charge >= 0.3 is 0 Å². The van der Waals surface area contributed by atoms with E-state index in [0.717, 1.165) is 12.8 Å². The topological polar surface area (TPSA) is 37.4 Å². The molecule has 0 bridgehead atoms. The van der Waals surface area contributed by atoms with Crippen molar-refractivity contribution in [2.24, 2.45) is 5.92 Å². The number of benzene rings is 1. The SMILES string of the molecule is CCC(Cc1ccccc1)CN1C(=O)CCC1=O. The summed E-state index contributed by atoms with van der Waals surface area (Å²) in [6.45, 7) is 2.68. The Morgan fingerprint density at radius 2 is 1.72 bits per heavy atom. The fourth-order valence-corrected chi connectivity index (χ4v) is 2.37. The molecule has 1 aromatic rings. The van der Waals surface area contributed by atoms with Gasteiger partial charge in [0.15, 0.2) is 0 Å². The second kappa shape index (κ2) is 5.80. The monoisotopic (exact) mass is 245 g/mol. The minimum atomic E-state index is -0.00786. The van der Waals surface area contributed by atoms with E-state index in [0.29, 0.717) is 25.3 Å². The minimum Gasteiger partial charge on any atom is -0.282 e. The largest absolute Gasteiger partial charge is 0.282 e. The highest BCUT2D eigenvalue weighted by molar-refractivity contribution is 6.01. The van der Waals surface area contributed by atoms with E-state index in [4.69, 9.17) is 0 Å². The van der Waals surface area contributed by atoms with Gasteiger partial charge in [-0.25, -0.2) is 0 Å². The molecule has 18 heavy (non-hydrogen) atoms. The van der Waals surface area contributed by atoms with Gasteiger partial charge in [0.2, 0.25) is 11.8 Å². The number of imide groups is 1. The highest BCUT2D eigenvalue weighted by atomic mass is 16.2. The third kappa shape index (κ3) is 2.97. The van der Waals surface area contributed by atoms with Crippen LogP contribution < -0.4 is 0 Å². The standard InChI is InChI=1S/C15H19NO2/c1-2-12(10-13-6-4-3-5-7-13)11-16-14(17)8-9-15(16)18/h3-7,12H,2,8-11H2,1H3. The number of carbonyl (C=O) groups excluding carboxylic acids is 2. The number of likely N-dealkylation sites (tertiary alicyclic amines) is 1. The molecule has 1 saturated heterocycles. The first-order valence-corrected chi connectivity index (χ1v) is 6.57. The Hall–Kier alpha value is -1.64. The number of carbonyl (C=O) groups is 2. The fraction of sp³-hybridized carbons (Fsp3) is 0.467. The molecule has 96 valence electrons. The van der Waals surface area contributed by atoms with Gasteiger partial charge in [0.25, 0.3) is 0 Å². The summed E-state index contributed by atoms with van der Waals surface area (Å²) < 4.78 is 0. The van der Waals surface area contributed by atoms with Gasteiger partial charge in [-0.15, -0.1) is 0 Å². The van der Waals surface area contributed by atoms with Crippen LogP contribution in [-0.4, -0.2) is 23.3 Å². The van der Waals surface area contributed by atoms with Gasteiger partial charge in [-0.2, -0.15) is 0 Å². The Labute approximate surface area is 108 Å². The molecule has 0 radical (unpaired) electrons. The van der Waals surface area contributed by atoms with Crippen LogP contribution in [0, 0.1) is 5.92 Å². The lowest BCUT2D eigenvalue weighted by molar-refractivity contribution is -0.139. The van der Waals surface area contributed by atoms with Crippen LogP contribution in [0.5, 0.6) is 0 Å². The maximum absolute atomic E-state index is 11.6. The summed E-state index contributed by atoms with van der Waals surface area (Å²) in [5, 5.41) is 0. The fourth-order valence-electron chi connectivity index (χ4n) is 2.37. The van der Waals surface area contributed by atoms with Gasteiger partial charge in [0.1, 0.15) is 0 Å². The zero-order valence-corrected chi connectivity index (χ0v) is 10.8. The van der Waals surface area contributed by atoms with E-state index in [1.54, 1.807) is 0 Å². The average molecular weight is 245 g/mol. The summed E-state index contributed by atoms with van der Waals surface area (Å²) in [6, 6.07) is 10.2. The van der Waals surface area contributed by atoms with E-state index in [1.165, 1.54) is 10.5 Å². The Kier molecular flexibility index (Phi) is 4.13. The van der Waals surface area contributed by atoms with Gasteiger partial charge in [0.05, 0.1) is 0 Å². The first-order chi connectivity index (χ1) is 8.70. The Morgan fingerprint density at radius 3 is 2.28 bits per heavy atom. The van der Waals surface area contributed by atoms with E-state index >= 15 is 0 Å². The van der Waals surface area contributed by atoms with Crippen LogP contribution in [0.3, 0.4) is 0 Å². The van der Waals surface area contributed by atoms with Crippen LogP contribution in [0.2, 0.25) is 0 Å². The van der Waals surface area contributed by atoms with E-state index < -0.39 is 0 Å². The minimum absolute atomic E-state index is 0.00786. The van der Waals surface area contributed by atoms with Gasteiger partial charge in [-0.3, -0.25) is 14.5 Å². The van der Waals surface area contributed by atoms with Crippen molar-refractivity contribution in [2.45, 2.75) is 32.6 Å². The van der Waals surface area contributed by atoms with Crippen LogP contribution in [-0.2, 0) is 16.0 Å². The first kappa shape index (κ1) is 12.8. The molecule has 1 aromatic carbocycles. The van der Waals surface area contributed by atoms with Crippen LogP contribution in [0.1, 0.15) is 31.7 Å². The molecule has 1 unspecified atom stereocenters. The number of hydrogen-bond acceptors (Lipinski definition) is 2. The maximum Gasteiger partial charge on any atom is 0.229 e. The van der Waals surface area contributed by atoms with Gasteiger partial charge in [-0.05, 0) is 17.9 Å². The molecule has 1 aliphatic heterocycles. The highest BCUT2D eigenvalue weighted by Gasteiger charge is 2.30. The number of hydrogen-bond donors (Lipinski definition) is 0. The molecule has 0 aromatic heterocycles. The lowest BCUT2D eigenvalue weighted by Crippen LogP contribution is -2.34. The predicted molar refractivity (Wildman–Crippen MR) is 69.9 cm³/mol.